The van der Waals surface area contributed by atoms with Gasteiger partial charge in [-0.15, -0.1) is 0 Å². The first-order chi connectivity index (χ1) is 12.7. The molecule has 0 unspecified atom stereocenters. The predicted octanol–water partition coefficient (Wildman–Crippen LogP) is 2.20. The Labute approximate surface area is 157 Å². The van der Waals surface area contributed by atoms with E-state index >= 15 is 0 Å². The molecule has 1 aromatic carbocycles. The predicted molar refractivity (Wildman–Crippen MR) is 106 cm³/mol. The van der Waals surface area contributed by atoms with Crippen molar-refractivity contribution in [2.45, 2.75) is 39.0 Å². The first-order valence-corrected chi connectivity index (χ1v) is 9.66. The van der Waals surface area contributed by atoms with E-state index in [1.807, 2.05) is 17.0 Å². The molecular formula is C20H32N4O2. The number of amides is 1. The molecule has 0 atom stereocenters. The minimum Gasteiger partial charge on any atom is -0.497 e. The number of aryl methyl sites for hydroxylation is 1. The molecule has 1 fully saturated rings. The highest BCUT2D eigenvalue weighted by molar-refractivity contribution is 5.79. The SMILES string of the molecule is CCNC(=NCCCN1CCCC1=O)NCCCc1ccc(OC)cc1. The molecule has 1 amide bonds. The van der Waals surface area contributed by atoms with Crippen LogP contribution in [0.2, 0.25) is 0 Å². The van der Waals surface area contributed by atoms with Gasteiger partial charge in [-0.3, -0.25) is 9.79 Å². The summed E-state index contributed by atoms with van der Waals surface area (Å²) in [6.07, 6.45) is 4.68. The standard InChI is InChI=1S/C20H32N4O2/c1-3-21-20(23-14-6-16-24-15-5-8-19(24)25)22-13-4-7-17-9-11-18(26-2)12-10-17/h9-12H,3-8,13-16H2,1-2H3,(H2,21,22,23). The highest BCUT2D eigenvalue weighted by atomic mass is 16.5. The van der Waals surface area contributed by atoms with Crippen LogP contribution in [0.4, 0.5) is 0 Å². The number of guanidine groups is 1. The third-order valence-electron chi connectivity index (χ3n) is 4.47. The summed E-state index contributed by atoms with van der Waals surface area (Å²) in [5.74, 6) is 2.04. The number of nitrogens with one attached hydrogen (secondary N) is 2. The summed E-state index contributed by atoms with van der Waals surface area (Å²) in [6, 6.07) is 8.22. The molecule has 6 heteroatoms. The van der Waals surface area contributed by atoms with Crippen molar-refractivity contribution in [2.24, 2.45) is 4.99 Å². The first kappa shape index (κ1) is 20.1. The van der Waals surface area contributed by atoms with E-state index in [0.717, 1.165) is 70.1 Å². The number of rotatable bonds is 10. The van der Waals surface area contributed by atoms with Crippen molar-refractivity contribution in [1.29, 1.82) is 0 Å². The second-order valence-corrected chi connectivity index (χ2v) is 6.48. The number of hydrogen-bond donors (Lipinski definition) is 2. The average Bonchev–Trinajstić information content (AvgIpc) is 3.07. The quantitative estimate of drug-likeness (QED) is 0.381. The molecule has 0 bridgehead atoms. The summed E-state index contributed by atoms with van der Waals surface area (Å²) in [4.78, 5) is 18.1. The summed E-state index contributed by atoms with van der Waals surface area (Å²) in [7, 11) is 1.68. The zero-order valence-corrected chi connectivity index (χ0v) is 16.1. The summed E-state index contributed by atoms with van der Waals surface area (Å²) >= 11 is 0. The van der Waals surface area contributed by atoms with Gasteiger partial charge in [-0.25, -0.2) is 0 Å². The lowest BCUT2D eigenvalue weighted by molar-refractivity contribution is -0.127. The normalized spacial score (nSPS) is 14.6. The van der Waals surface area contributed by atoms with Crippen LogP contribution in [-0.4, -0.2) is 56.6 Å². The number of hydrogen-bond acceptors (Lipinski definition) is 3. The van der Waals surface area contributed by atoms with Crippen LogP contribution in [0.5, 0.6) is 5.75 Å². The van der Waals surface area contributed by atoms with Gasteiger partial charge in [-0.2, -0.15) is 0 Å². The van der Waals surface area contributed by atoms with Gasteiger partial charge in [0.15, 0.2) is 5.96 Å². The number of carbonyl (C=O) groups is 1. The molecule has 1 aromatic rings. The average molecular weight is 361 g/mol. The number of nitrogens with zero attached hydrogens (tertiary/aromatic N) is 2. The molecule has 2 N–H and O–H groups in total. The van der Waals surface area contributed by atoms with Crippen LogP contribution in [0.15, 0.2) is 29.3 Å². The van der Waals surface area contributed by atoms with Crippen molar-refractivity contribution in [2.75, 3.05) is 39.8 Å². The first-order valence-electron chi connectivity index (χ1n) is 9.66. The molecule has 2 rings (SSSR count). The molecule has 0 spiro atoms. The van der Waals surface area contributed by atoms with E-state index in [9.17, 15) is 4.79 Å². The van der Waals surface area contributed by atoms with Gasteiger partial charge in [0.25, 0.3) is 0 Å². The van der Waals surface area contributed by atoms with Gasteiger partial charge in [-0.1, -0.05) is 12.1 Å². The van der Waals surface area contributed by atoms with E-state index in [1.54, 1.807) is 7.11 Å². The van der Waals surface area contributed by atoms with Crippen molar-refractivity contribution < 1.29 is 9.53 Å². The fourth-order valence-corrected chi connectivity index (χ4v) is 3.03. The van der Waals surface area contributed by atoms with Crippen molar-refractivity contribution in [1.82, 2.24) is 15.5 Å². The third-order valence-corrected chi connectivity index (χ3v) is 4.47. The van der Waals surface area contributed by atoms with Gasteiger partial charge < -0.3 is 20.3 Å². The summed E-state index contributed by atoms with van der Waals surface area (Å²) in [5.41, 5.74) is 1.31. The Kier molecular flexibility index (Phi) is 8.79. The Hall–Kier alpha value is -2.24. The molecule has 1 aliphatic rings. The molecule has 1 aliphatic heterocycles. The Balaban J connectivity index is 1.65. The topological polar surface area (TPSA) is 66.0 Å². The van der Waals surface area contributed by atoms with Gasteiger partial charge in [0.1, 0.15) is 5.75 Å². The smallest absolute Gasteiger partial charge is 0.222 e. The number of methoxy groups -OCH3 is 1. The second kappa shape index (κ2) is 11.4. The fraction of sp³-hybridized carbons (Fsp3) is 0.600. The molecule has 0 saturated carbocycles. The lowest BCUT2D eigenvalue weighted by atomic mass is 10.1. The Bertz CT molecular complexity index is 572. The van der Waals surface area contributed by atoms with E-state index in [1.165, 1.54) is 5.56 Å². The Morgan fingerprint density at radius 3 is 2.69 bits per heavy atom. The molecule has 1 heterocycles. The van der Waals surface area contributed by atoms with Gasteiger partial charge >= 0.3 is 0 Å². The largest absolute Gasteiger partial charge is 0.497 e. The van der Waals surface area contributed by atoms with Crippen molar-refractivity contribution >= 4 is 11.9 Å². The lowest BCUT2D eigenvalue weighted by Gasteiger charge is -2.15. The van der Waals surface area contributed by atoms with E-state index in [0.29, 0.717) is 6.42 Å². The van der Waals surface area contributed by atoms with E-state index in [-0.39, 0.29) is 5.91 Å². The maximum Gasteiger partial charge on any atom is 0.222 e. The number of likely N-dealkylation sites (tertiary alicyclic amines) is 1. The van der Waals surface area contributed by atoms with Crippen LogP contribution in [0.3, 0.4) is 0 Å². The van der Waals surface area contributed by atoms with E-state index in [4.69, 9.17) is 4.74 Å². The van der Waals surface area contributed by atoms with Crippen LogP contribution in [0.25, 0.3) is 0 Å². The number of carbonyl (C=O) groups excluding carboxylic acids is 1. The molecular weight excluding hydrogens is 328 g/mol. The Morgan fingerprint density at radius 2 is 2.04 bits per heavy atom. The fourth-order valence-electron chi connectivity index (χ4n) is 3.03. The van der Waals surface area contributed by atoms with Gasteiger partial charge in [0.05, 0.1) is 7.11 Å². The highest BCUT2D eigenvalue weighted by Crippen LogP contribution is 2.12. The van der Waals surface area contributed by atoms with Crippen LogP contribution in [0, 0.1) is 0 Å². The molecule has 26 heavy (non-hydrogen) atoms. The summed E-state index contributed by atoms with van der Waals surface area (Å²) < 4.78 is 5.18. The molecule has 144 valence electrons. The van der Waals surface area contributed by atoms with E-state index < -0.39 is 0 Å². The van der Waals surface area contributed by atoms with Crippen LogP contribution >= 0.6 is 0 Å². The third kappa shape index (κ3) is 6.94. The molecule has 0 aliphatic carbocycles. The van der Waals surface area contributed by atoms with Crippen molar-refractivity contribution in [3.8, 4) is 5.75 Å². The number of ether oxygens (including phenoxy) is 1. The monoisotopic (exact) mass is 360 g/mol. The van der Waals surface area contributed by atoms with Crippen molar-refractivity contribution in [3.63, 3.8) is 0 Å². The molecule has 1 saturated heterocycles. The van der Waals surface area contributed by atoms with Crippen LogP contribution < -0.4 is 15.4 Å². The number of benzene rings is 1. The van der Waals surface area contributed by atoms with Crippen LogP contribution in [-0.2, 0) is 11.2 Å². The minimum atomic E-state index is 0.289. The van der Waals surface area contributed by atoms with E-state index in [2.05, 4.69) is 34.7 Å². The number of aliphatic imine (C=N–C) groups is 1. The van der Waals surface area contributed by atoms with Crippen molar-refractivity contribution in [3.05, 3.63) is 29.8 Å². The lowest BCUT2D eigenvalue weighted by Crippen LogP contribution is -2.38. The minimum absolute atomic E-state index is 0.289. The van der Waals surface area contributed by atoms with Gasteiger partial charge in [0, 0.05) is 39.1 Å². The summed E-state index contributed by atoms with van der Waals surface area (Å²) in [6.45, 7) is 6.25. The van der Waals surface area contributed by atoms with Crippen LogP contribution in [0.1, 0.15) is 38.2 Å². The van der Waals surface area contributed by atoms with Gasteiger partial charge in [-0.05, 0) is 50.3 Å². The zero-order chi connectivity index (χ0) is 18.6. The maximum atomic E-state index is 11.6. The Morgan fingerprint density at radius 1 is 1.23 bits per heavy atom. The maximum absolute atomic E-state index is 11.6. The zero-order valence-electron chi connectivity index (χ0n) is 16.1. The second-order valence-electron chi connectivity index (χ2n) is 6.48. The molecule has 6 nitrogen and oxygen atoms in total. The molecule has 0 aromatic heterocycles. The molecule has 0 radical (unpaired) electrons. The highest BCUT2D eigenvalue weighted by Gasteiger charge is 2.18. The van der Waals surface area contributed by atoms with Gasteiger partial charge in [0.2, 0.25) is 5.91 Å². The summed E-state index contributed by atoms with van der Waals surface area (Å²) in [5, 5.41) is 6.66.